The maximum Gasteiger partial charge on any atom is 0.0693 e. The van der Waals surface area contributed by atoms with E-state index < -0.39 is 0 Å². The third kappa shape index (κ3) is 3.63. The summed E-state index contributed by atoms with van der Waals surface area (Å²) in [6.07, 6.45) is 1.02. The van der Waals surface area contributed by atoms with Gasteiger partial charge in [-0.1, -0.05) is 13.8 Å². The highest BCUT2D eigenvalue weighted by Gasteiger charge is 2.23. The molecule has 0 aliphatic carbocycles. The van der Waals surface area contributed by atoms with Crippen LogP contribution in [0.25, 0.3) is 0 Å². The summed E-state index contributed by atoms with van der Waals surface area (Å²) in [5.74, 6) is 0.482. The second-order valence-electron chi connectivity index (χ2n) is 3.99. The summed E-state index contributed by atoms with van der Waals surface area (Å²) in [7, 11) is 0. The normalized spacial score (nSPS) is 30.7. The Morgan fingerprint density at radius 1 is 1.54 bits per heavy atom. The molecule has 2 unspecified atom stereocenters. The van der Waals surface area contributed by atoms with Crippen molar-refractivity contribution in [2.24, 2.45) is 5.92 Å². The summed E-state index contributed by atoms with van der Waals surface area (Å²) >= 11 is 0. The molecule has 0 aromatic rings. The van der Waals surface area contributed by atoms with Crippen molar-refractivity contribution in [3.63, 3.8) is 0 Å². The average molecular weight is 186 g/mol. The molecule has 1 saturated heterocycles. The Balaban J connectivity index is 2.14. The van der Waals surface area contributed by atoms with E-state index in [2.05, 4.69) is 24.1 Å². The van der Waals surface area contributed by atoms with Gasteiger partial charge in [0.15, 0.2) is 0 Å². The first-order valence-corrected chi connectivity index (χ1v) is 5.35. The Morgan fingerprint density at radius 3 is 2.92 bits per heavy atom. The first kappa shape index (κ1) is 11.0. The van der Waals surface area contributed by atoms with Crippen molar-refractivity contribution in [3.8, 4) is 0 Å². The van der Waals surface area contributed by atoms with Gasteiger partial charge in [0.2, 0.25) is 0 Å². The molecular weight excluding hydrogens is 164 g/mol. The SMILES string of the molecule is CCNCCN1CCC(C)C(O)C1. The Hall–Kier alpha value is -0.120. The number of likely N-dealkylation sites (N-methyl/N-ethyl adjacent to an activating group) is 1. The van der Waals surface area contributed by atoms with Gasteiger partial charge in [-0.05, 0) is 25.4 Å². The highest BCUT2D eigenvalue weighted by molar-refractivity contribution is 4.77. The second kappa shape index (κ2) is 5.58. The van der Waals surface area contributed by atoms with Gasteiger partial charge in [0.05, 0.1) is 6.10 Å². The molecule has 0 bridgehead atoms. The Kier molecular flexibility index (Phi) is 4.70. The molecule has 0 radical (unpaired) electrons. The number of piperidine rings is 1. The first-order valence-electron chi connectivity index (χ1n) is 5.35. The molecule has 0 spiro atoms. The van der Waals surface area contributed by atoms with Gasteiger partial charge in [0.1, 0.15) is 0 Å². The summed E-state index contributed by atoms with van der Waals surface area (Å²) in [5.41, 5.74) is 0. The molecule has 0 amide bonds. The van der Waals surface area contributed by atoms with Gasteiger partial charge < -0.3 is 10.4 Å². The summed E-state index contributed by atoms with van der Waals surface area (Å²) < 4.78 is 0. The molecule has 3 nitrogen and oxygen atoms in total. The third-order valence-electron chi connectivity index (χ3n) is 2.86. The lowest BCUT2D eigenvalue weighted by atomic mass is 9.96. The summed E-state index contributed by atoms with van der Waals surface area (Å²) in [4.78, 5) is 2.34. The fourth-order valence-corrected chi connectivity index (χ4v) is 1.73. The van der Waals surface area contributed by atoms with Crippen molar-refractivity contribution in [1.29, 1.82) is 0 Å². The molecular formula is C10H22N2O. The number of hydrogen-bond acceptors (Lipinski definition) is 3. The number of aliphatic hydroxyl groups is 1. The maximum absolute atomic E-state index is 9.64. The van der Waals surface area contributed by atoms with Gasteiger partial charge in [0, 0.05) is 19.6 Å². The molecule has 1 rings (SSSR count). The van der Waals surface area contributed by atoms with Gasteiger partial charge >= 0.3 is 0 Å². The first-order chi connectivity index (χ1) is 6.24. The fraction of sp³-hybridized carbons (Fsp3) is 1.00. The highest BCUT2D eigenvalue weighted by atomic mass is 16.3. The van der Waals surface area contributed by atoms with E-state index in [9.17, 15) is 5.11 Å². The standard InChI is InChI=1S/C10H22N2O/c1-3-11-5-7-12-6-4-9(2)10(13)8-12/h9-11,13H,3-8H2,1-2H3. The molecule has 1 fully saturated rings. The molecule has 0 saturated carbocycles. The van der Waals surface area contributed by atoms with Crippen LogP contribution >= 0.6 is 0 Å². The van der Waals surface area contributed by atoms with Crippen LogP contribution in [0.2, 0.25) is 0 Å². The van der Waals surface area contributed by atoms with Crippen LogP contribution in [0.15, 0.2) is 0 Å². The van der Waals surface area contributed by atoms with Gasteiger partial charge in [-0.3, -0.25) is 4.90 Å². The van der Waals surface area contributed by atoms with Crippen LogP contribution in [-0.2, 0) is 0 Å². The molecule has 78 valence electrons. The lowest BCUT2D eigenvalue weighted by Crippen LogP contribution is -2.45. The predicted molar refractivity (Wildman–Crippen MR) is 54.8 cm³/mol. The van der Waals surface area contributed by atoms with Crippen molar-refractivity contribution in [1.82, 2.24) is 10.2 Å². The van der Waals surface area contributed by atoms with Crippen LogP contribution in [0, 0.1) is 5.92 Å². The van der Waals surface area contributed by atoms with Gasteiger partial charge in [0.25, 0.3) is 0 Å². The topological polar surface area (TPSA) is 35.5 Å². The molecule has 2 N–H and O–H groups in total. The van der Waals surface area contributed by atoms with E-state index in [-0.39, 0.29) is 6.10 Å². The summed E-state index contributed by atoms with van der Waals surface area (Å²) in [6.45, 7) is 9.39. The maximum atomic E-state index is 9.64. The number of nitrogens with zero attached hydrogens (tertiary/aromatic N) is 1. The molecule has 1 heterocycles. The molecule has 0 aromatic carbocycles. The monoisotopic (exact) mass is 186 g/mol. The molecule has 13 heavy (non-hydrogen) atoms. The van der Waals surface area contributed by atoms with Crippen molar-refractivity contribution >= 4 is 0 Å². The summed E-state index contributed by atoms with van der Waals surface area (Å²) in [6, 6.07) is 0. The van der Waals surface area contributed by atoms with Gasteiger partial charge in [-0.25, -0.2) is 0 Å². The van der Waals surface area contributed by atoms with Gasteiger partial charge in [-0.2, -0.15) is 0 Å². The Morgan fingerprint density at radius 2 is 2.31 bits per heavy atom. The smallest absolute Gasteiger partial charge is 0.0693 e. The van der Waals surface area contributed by atoms with Crippen LogP contribution in [0.4, 0.5) is 0 Å². The van der Waals surface area contributed by atoms with E-state index >= 15 is 0 Å². The summed E-state index contributed by atoms with van der Waals surface area (Å²) in [5, 5.41) is 12.9. The van der Waals surface area contributed by atoms with Crippen LogP contribution in [-0.4, -0.2) is 48.8 Å². The quantitative estimate of drug-likeness (QED) is 0.620. The Bertz CT molecular complexity index is 141. The highest BCUT2D eigenvalue weighted by Crippen LogP contribution is 2.15. The minimum absolute atomic E-state index is 0.115. The Labute approximate surface area is 81.1 Å². The van der Waals surface area contributed by atoms with E-state index in [0.717, 1.165) is 39.1 Å². The molecule has 1 aliphatic rings. The fourth-order valence-electron chi connectivity index (χ4n) is 1.73. The molecule has 1 aliphatic heterocycles. The molecule has 3 heteroatoms. The number of nitrogens with one attached hydrogen (secondary N) is 1. The number of β-amino-alcohol motifs (C(OH)–C–C–N with tert-alkyl or cyclic N) is 1. The van der Waals surface area contributed by atoms with Crippen LogP contribution in [0.5, 0.6) is 0 Å². The zero-order valence-electron chi connectivity index (χ0n) is 8.79. The van der Waals surface area contributed by atoms with E-state index in [1.807, 2.05) is 0 Å². The molecule has 2 atom stereocenters. The number of hydrogen-bond donors (Lipinski definition) is 2. The average Bonchev–Trinajstić information content (AvgIpc) is 2.12. The second-order valence-corrected chi connectivity index (χ2v) is 3.99. The van der Waals surface area contributed by atoms with E-state index in [4.69, 9.17) is 0 Å². The minimum atomic E-state index is -0.115. The lowest BCUT2D eigenvalue weighted by molar-refractivity contribution is 0.0298. The minimum Gasteiger partial charge on any atom is -0.392 e. The van der Waals surface area contributed by atoms with E-state index in [0.29, 0.717) is 5.92 Å². The van der Waals surface area contributed by atoms with E-state index in [1.54, 1.807) is 0 Å². The van der Waals surface area contributed by atoms with Crippen LogP contribution in [0.3, 0.4) is 0 Å². The van der Waals surface area contributed by atoms with Crippen molar-refractivity contribution in [3.05, 3.63) is 0 Å². The number of rotatable bonds is 4. The zero-order chi connectivity index (χ0) is 9.68. The number of aliphatic hydroxyl groups excluding tert-OH is 1. The zero-order valence-corrected chi connectivity index (χ0v) is 8.79. The van der Waals surface area contributed by atoms with Crippen molar-refractivity contribution in [2.45, 2.75) is 26.4 Å². The van der Waals surface area contributed by atoms with Crippen molar-refractivity contribution in [2.75, 3.05) is 32.7 Å². The van der Waals surface area contributed by atoms with Crippen LogP contribution < -0.4 is 5.32 Å². The number of likely N-dealkylation sites (tertiary alicyclic amines) is 1. The van der Waals surface area contributed by atoms with Gasteiger partial charge in [-0.15, -0.1) is 0 Å². The third-order valence-corrected chi connectivity index (χ3v) is 2.86. The lowest BCUT2D eigenvalue weighted by Gasteiger charge is -2.34. The van der Waals surface area contributed by atoms with E-state index in [1.165, 1.54) is 0 Å². The largest absolute Gasteiger partial charge is 0.392 e. The van der Waals surface area contributed by atoms with Crippen molar-refractivity contribution < 1.29 is 5.11 Å². The van der Waals surface area contributed by atoms with Crippen LogP contribution in [0.1, 0.15) is 20.3 Å². The molecule has 0 aromatic heterocycles. The predicted octanol–water partition coefficient (Wildman–Crippen LogP) is 0.299.